The van der Waals surface area contributed by atoms with Crippen LogP contribution in [0.2, 0.25) is 0 Å². The number of nitrogens with zero attached hydrogens (tertiary/aromatic N) is 1. The highest BCUT2D eigenvalue weighted by Gasteiger charge is 2.42. The van der Waals surface area contributed by atoms with Gasteiger partial charge in [0, 0.05) is 18.9 Å². The smallest absolute Gasteiger partial charge is 0.410 e. The maximum absolute atomic E-state index is 12.8. The molecular weight excluding hydrogens is 412 g/mol. The molecule has 1 heterocycles. The van der Waals surface area contributed by atoms with Gasteiger partial charge in [-0.05, 0) is 22.3 Å². The van der Waals surface area contributed by atoms with E-state index in [0.717, 1.165) is 27.2 Å². The van der Waals surface area contributed by atoms with Gasteiger partial charge in [0.25, 0.3) is 0 Å². The maximum atomic E-state index is 12.8. The quantitative estimate of drug-likeness (QED) is 0.673. The van der Waals surface area contributed by atoms with E-state index in [4.69, 9.17) is 9.47 Å². The van der Waals surface area contributed by atoms with Crippen molar-refractivity contribution in [3.8, 4) is 11.1 Å². The van der Waals surface area contributed by atoms with E-state index in [2.05, 4.69) is 11.9 Å². The molecule has 1 fully saturated rings. The molecule has 0 bridgehead atoms. The fourth-order valence-electron chi connectivity index (χ4n) is 4.40. The SMILES string of the molecule is C=CCOC(=O)N[C@@H]1C[C@@H](C(=O)O)N(C(=O)OCC2c3ccccc3-c3ccccc32)C1. The van der Waals surface area contributed by atoms with Crippen molar-refractivity contribution < 1.29 is 29.0 Å². The number of hydrogen-bond donors (Lipinski definition) is 2. The van der Waals surface area contributed by atoms with Gasteiger partial charge in [0.05, 0.1) is 6.04 Å². The lowest BCUT2D eigenvalue weighted by molar-refractivity contribution is -0.141. The van der Waals surface area contributed by atoms with Crippen molar-refractivity contribution in [3.63, 3.8) is 0 Å². The van der Waals surface area contributed by atoms with Gasteiger partial charge in [-0.15, -0.1) is 0 Å². The van der Waals surface area contributed by atoms with Crippen molar-refractivity contribution in [2.45, 2.75) is 24.4 Å². The molecule has 0 aromatic heterocycles. The molecule has 1 aliphatic carbocycles. The van der Waals surface area contributed by atoms with Crippen LogP contribution in [-0.2, 0) is 14.3 Å². The normalized spacial score (nSPS) is 19.1. The molecule has 2 aliphatic rings. The molecule has 166 valence electrons. The Morgan fingerprint density at radius 3 is 2.28 bits per heavy atom. The summed E-state index contributed by atoms with van der Waals surface area (Å²) < 4.78 is 10.5. The van der Waals surface area contributed by atoms with Crippen molar-refractivity contribution in [2.75, 3.05) is 19.8 Å². The van der Waals surface area contributed by atoms with Crippen LogP contribution in [0, 0.1) is 0 Å². The zero-order valence-electron chi connectivity index (χ0n) is 17.4. The standard InChI is InChI=1S/C24H24N2O6/c1-2-11-31-23(29)25-15-12-21(22(27)28)26(13-15)24(30)32-14-20-18-9-5-3-7-16(18)17-8-4-6-10-19(17)20/h2-10,15,20-21H,1,11-14H2,(H,25,29)(H,27,28)/t15-,21+/m1/s1. The minimum absolute atomic E-state index is 0.0246. The number of rotatable bonds is 6. The number of ether oxygens (including phenoxy) is 2. The number of alkyl carbamates (subject to hydrolysis) is 1. The van der Waals surface area contributed by atoms with Gasteiger partial charge in [0.1, 0.15) is 19.3 Å². The van der Waals surface area contributed by atoms with E-state index in [0.29, 0.717) is 0 Å². The molecule has 1 aliphatic heterocycles. The van der Waals surface area contributed by atoms with Gasteiger partial charge in [0.2, 0.25) is 0 Å². The lowest BCUT2D eigenvalue weighted by Gasteiger charge is -2.22. The van der Waals surface area contributed by atoms with Crippen LogP contribution < -0.4 is 5.32 Å². The van der Waals surface area contributed by atoms with E-state index in [1.165, 1.54) is 6.08 Å². The molecule has 2 amide bonds. The summed E-state index contributed by atoms with van der Waals surface area (Å²) in [6.07, 6.45) is 0.0939. The highest BCUT2D eigenvalue weighted by Crippen LogP contribution is 2.44. The number of nitrogens with one attached hydrogen (secondary N) is 1. The predicted molar refractivity (Wildman–Crippen MR) is 116 cm³/mol. The summed E-state index contributed by atoms with van der Waals surface area (Å²) in [7, 11) is 0. The summed E-state index contributed by atoms with van der Waals surface area (Å²) in [5, 5.41) is 12.1. The Labute approximate surface area is 185 Å². The van der Waals surface area contributed by atoms with Crippen LogP contribution in [-0.4, -0.2) is 60.0 Å². The number of carbonyl (C=O) groups is 3. The molecule has 2 atom stereocenters. The largest absolute Gasteiger partial charge is 0.480 e. The van der Waals surface area contributed by atoms with E-state index in [1.807, 2.05) is 48.5 Å². The fraction of sp³-hybridized carbons (Fsp3) is 0.292. The van der Waals surface area contributed by atoms with Crippen LogP contribution in [0.15, 0.2) is 61.2 Å². The minimum Gasteiger partial charge on any atom is -0.480 e. The molecule has 8 heteroatoms. The van der Waals surface area contributed by atoms with Crippen molar-refractivity contribution >= 4 is 18.2 Å². The number of amides is 2. The van der Waals surface area contributed by atoms with Gasteiger partial charge >= 0.3 is 18.2 Å². The number of hydrogen-bond acceptors (Lipinski definition) is 5. The second-order valence-electron chi connectivity index (χ2n) is 7.77. The molecule has 2 N–H and O–H groups in total. The van der Waals surface area contributed by atoms with Crippen molar-refractivity contribution in [1.29, 1.82) is 0 Å². The summed E-state index contributed by atoms with van der Waals surface area (Å²) in [5.74, 6) is -1.28. The Kier molecular flexibility index (Phi) is 6.11. The van der Waals surface area contributed by atoms with Gasteiger partial charge in [0.15, 0.2) is 0 Å². The third-order valence-corrected chi connectivity index (χ3v) is 5.81. The summed E-state index contributed by atoms with van der Waals surface area (Å²) >= 11 is 0. The molecule has 0 saturated carbocycles. The lowest BCUT2D eigenvalue weighted by Crippen LogP contribution is -2.42. The second kappa shape index (κ2) is 9.13. The molecule has 1 saturated heterocycles. The number of likely N-dealkylation sites (tertiary alicyclic amines) is 1. The summed E-state index contributed by atoms with van der Waals surface area (Å²) in [6.45, 7) is 3.62. The minimum atomic E-state index is -1.15. The predicted octanol–water partition coefficient (Wildman–Crippen LogP) is 3.38. The van der Waals surface area contributed by atoms with E-state index < -0.39 is 30.2 Å². The summed E-state index contributed by atoms with van der Waals surface area (Å²) in [4.78, 5) is 37.5. The highest BCUT2D eigenvalue weighted by molar-refractivity contribution is 5.82. The van der Waals surface area contributed by atoms with Crippen molar-refractivity contribution in [1.82, 2.24) is 10.2 Å². The number of aliphatic carboxylic acids is 1. The van der Waals surface area contributed by atoms with E-state index in [-0.39, 0.29) is 32.1 Å². The molecule has 0 spiro atoms. The number of carboxylic acid groups (broad SMARTS) is 1. The average molecular weight is 436 g/mol. The van der Waals surface area contributed by atoms with Gasteiger partial charge in [-0.2, -0.15) is 0 Å². The van der Waals surface area contributed by atoms with E-state index in [9.17, 15) is 19.5 Å². The second-order valence-corrected chi connectivity index (χ2v) is 7.77. The van der Waals surface area contributed by atoms with Crippen LogP contribution in [0.3, 0.4) is 0 Å². The first kappa shape index (κ1) is 21.4. The van der Waals surface area contributed by atoms with Gasteiger partial charge in [-0.3, -0.25) is 4.90 Å². The number of fused-ring (bicyclic) bond motifs is 3. The lowest BCUT2D eigenvalue weighted by atomic mass is 9.98. The Bertz CT molecular complexity index is 1010. The molecule has 32 heavy (non-hydrogen) atoms. The highest BCUT2D eigenvalue weighted by atomic mass is 16.6. The van der Waals surface area contributed by atoms with Crippen molar-refractivity contribution in [2.24, 2.45) is 0 Å². The van der Waals surface area contributed by atoms with E-state index in [1.54, 1.807) is 0 Å². The fourth-order valence-corrected chi connectivity index (χ4v) is 4.40. The first-order valence-electron chi connectivity index (χ1n) is 10.4. The van der Waals surface area contributed by atoms with Gasteiger partial charge < -0.3 is 19.9 Å². The average Bonchev–Trinajstić information content (AvgIpc) is 3.36. The molecule has 4 rings (SSSR count). The van der Waals surface area contributed by atoms with Crippen LogP contribution in [0.5, 0.6) is 0 Å². The molecule has 0 unspecified atom stereocenters. The topological polar surface area (TPSA) is 105 Å². The first-order valence-corrected chi connectivity index (χ1v) is 10.4. The third kappa shape index (κ3) is 4.16. The van der Waals surface area contributed by atoms with Gasteiger partial charge in [-0.1, -0.05) is 61.2 Å². The monoisotopic (exact) mass is 436 g/mol. The van der Waals surface area contributed by atoms with Gasteiger partial charge in [-0.25, -0.2) is 14.4 Å². The Hall–Kier alpha value is -3.81. The molecule has 0 radical (unpaired) electrons. The molecule has 2 aromatic rings. The zero-order valence-corrected chi connectivity index (χ0v) is 17.4. The van der Waals surface area contributed by atoms with Crippen LogP contribution in [0.1, 0.15) is 23.5 Å². The Balaban J connectivity index is 1.44. The zero-order chi connectivity index (χ0) is 22.7. The van der Waals surface area contributed by atoms with Crippen molar-refractivity contribution in [3.05, 3.63) is 72.3 Å². The summed E-state index contributed by atoms with van der Waals surface area (Å²) in [5.41, 5.74) is 4.36. The maximum Gasteiger partial charge on any atom is 0.410 e. The Morgan fingerprint density at radius 1 is 1.06 bits per heavy atom. The molecular formula is C24H24N2O6. The summed E-state index contributed by atoms with van der Waals surface area (Å²) in [6, 6.07) is 14.3. The molecule has 8 nitrogen and oxygen atoms in total. The third-order valence-electron chi connectivity index (χ3n) is 5.81. The molecule has 2 aromatic carbocycles. The number of carbonyl (C=O) groups excluding carboxylic acids is 2. The number of carboxylic acids is 1. The van der Waals surface area contributed by atoms with Crippen LogP contribution in [0.4, 0.5) is 9.59 Å². The number of benzene rings is 2. The first-order chi connectivity index (χ1) is 15.5. The Morgan fingerprint density at radius 2 is 1.69 bits per heavy atom. The van der Waals surface area contributed by atoms with Crippen LogP contribution in [0.25, 0.3) is 11.1 Å². The van der Waals surface area contributed by atoms with E-state index >= 15 is 0 Å². The van der Waals surface area contributed by atoms with Crippen LogP contribution >= 0.6 is 0 Å².